The molecule has 0 aliphatic heterocycles. The fraction of sp³-hybridized carbons (Fsp3) is 0.385. The standard InChI is InChI=1S/C11H14N2O.C2H6/c1-3-4-5-13-11(14)10-6-9(2)7-12-8-10;1-2/h3-4,6-8H,5H2,1-2H3,(H,13,14);1-2H3/b4-3+;. The Hall–Kier alpha value is -1.64. The van der Waals surface area contributed by atoms with Gasteiger partial charge in [-0.3, -0.25) is 9.78 Å². The van der Waals surface area contributed by atoms with E-state index in [-0.39, 0.29) is 5.91 Å². The molecule has 16 heavy (non-hydrogen) atoms. The predicted molar refractivity (Wildman–Crippen MR) is 67.5 cm³/mol. The summed E-state index contributed by atoms with van der Waals surface area (Å²) < 4.78 is 0. The highest BCUT2D eigenvalue weighted by molar-refractivity contribution is 5.94. The molecule has 1 amide bonds. The van der Waals surface area contributed by atoms with Gasteiger partial charge in [0.1, 0.15) is 0 Å². The second kappa shape index (κ2) is 8.65. The van der Waals surface area contributed by atoms with Crippen LogP contribution < -0.4 is 5.32 Å². The summed E-state index contributed by atoms with van der Waals surface area (Å²) >= 11 is 0. The number of hydrogen-bond acceptors (Lipinski definition) is 2. The first-order valence-electron chi connectivity index (χ1n) is 5.55. The van der Waals surface area contributed by atoms with Crippen molar-refractivity contribution in [2.24, 2.45) is 0 Å². The molecule has 0 fully saturated rings. The number of carbonyl (C=O) groups is 1. The maximum Gasteiger partial charge on any atom is 0.253 e. The molecule has 1 rings (SSSR count). The number of carbonyl (C=O) groups excluding carboxylic acids is 1. The van der Waals surface area contributed by atoms with E-state index in [1.165, 1.54) is 0 Å². The lowest BCUT2D eigenvalue weighted by Crippen LogP contribution is -2.23. The highest BCUT2D eigenvalue weighted by Crippen LogP contribution is 2.00. The van der Waals surface area contributed by atoms with E-state index in [0.29, 0.717) is 12.1 Å². The van der Waals surface area contributed by atoms with Crippen LogP contribution in [0.3, 0.4) is 0 Å². The van der Waals surface area contributed by atoms with Crippen molar-refractivity contribution in [1.29, 1.82) is 0 Å². The average Bonchev–Trinajstić information content (AvgIpc) is 2.32. The number of aryl methyl sites for hydroxylation is 1. The average molecular weight is 220 g/mol. The van der Waals surface area contributed by atoms with Crippen LogP contribution in [-0.2, 0) is 0 Å². The van der Waals surface area contributed by atoms with Crippen LogP contribution in [0.5, 0.6) is 0 Å². The normalized spacial score (nSPS) is 9.50. The smallest absolute Gasteiger partial charge is 0.253 e. The Morgan fingerprint density at radius 1 is 1.44 bits per heavy atom. The summed E-state index contributed by atoms with van der Waals surface area (Å²) in [6.45, 7) is 8.39. The minimum absolute atomic E-state index is 0.0840. The van der Waals surface area contributed by atoms with Gasteiger partial charge in [0, 0.05) is 18.9 Å². The molecular weight excluding hydrogens is 200 g/mol. The molecule has 0 unspecified atom stereocenters. The second-order valence-electron chi connectivity index (χ2n) is 3.03. The van der Waals surface area contributed by atoms with E-state index in [9.17, 15) is 4.79 Å². The van der Waals surface area contributed by atoms with Crippen molar-refractivity contribution in [3.8, 4) is 0 Å². The number of aromatic nitrogens is 1. The Bertz CT molecular complexity index is 346. The third-order valence-electron chi connectivity index (χ3n) is 1.75. The molecule has 0 aliphatic carbocycles. The number of allylic oxidation sites excluding steroid dienone is 1. The minimum atomic E-state index is -0.0840. The second-order valence-corrected chi connectivity index (χ2v) is 3.03. The Morgan fingerprint density at radius 3 is 2.69 bits per heavy atom. The van der Waals surface area contributed by atoms with Gasteiger partial charge in [0.2, 0.25) is 0 Å². The molecule has 1 aromatic rings. The molecule has 3 heteroatoms. The van der Waals surface area contributed by atoms with Crippen LogP contribution in [0.15, 0.2) is 30.6 Å². The zero-order chi connectivity index (χ0) is 12.4. The van der Waals surface area contributed by atoms with Gasteiger partial charge in [0.05, 0.1) is 5.56 Å². The fourth-order valence-electron chi connectivity index (χ4n) is 1.05. The third-order valence-corrected chi connectivity index (χ3v) is 1.75. The Labute approximate surface area is 97.6 Å². The molecule has 0 saturated heterocycles. The molecule has 1 N–H and O–H groups in total. The van der Waals surface area contributed by atoms with Gasteiger partial charge in [0.25, 0.3) is 5.91 Å². The molecule has 3 nitrogen and oxygen atoms in total. The Balaban J connectivity index is 0.00000106. The lowest BCUT2D eigenvalue weighted by atomic mass is 10.2. The first kappa shape index (κ1) is 14.4. The summed E-state index contributed by atoms with van der Waals surface area (Å²) in [5, 5.41) is 2.76. The molecule has 0 bridgehead atoms. The van der Waals surface area contributed by atoms with Gasteiger partial charge in [-0.25, -0.2) is 0 Å². The lowest BCUT2D eigenvalue weighted by molar-refractivity contribution is 0.0957. The fourth-order valence-corrected chi connectivity index (χ4v) is 1.05. The van der Waals surface area contributed by atoms with Crippen LogP contribution >= 0.6 is 0 Å². The summed E-state index contributed by atoms with van der Waals surface area (Å²) in [5.41, 5.74) is 1.60. The van der Waals surface area contributed by atoms with E-state index >= 15 is 0 Å². The van der Waals surface area contributed by atoms with Crippen molar-refractivity contribution in [2.75, 3.05) is 6.54 Å². The molecule has 0 aliphatic rings. The predicted octanol–water partition coefficient (Wildman–Crippen LogP) is 2.72. The summed E-state index contributed by atoms with van der Waals surface area (Å²) in [6, 6.07) is 1.82. The van der Waals surface area contributed by atoms with E-state index in [1.807, 2.05) is 45.9 Å². The SMILES string of the molecule is C/C=C/CNC(=O)c1cncc(C)c1.CC. The molecule has 88 valence electrons. The van der Waals surface area contributed by atoms with Crippen LogP contribution in [0.4, 0.5) is 0 Å². The number of hydrogen-bond donors (Lipinski definition) is 1. The molecule has 0 radical (unpaired) electrons. The van der Waals surface area contributed by atoms with Crippen molar-refractivity contribution >= 4 is 5.91 Å². The van der Waals surface area contributed by atoms with Crippen molar-refractivity contribution in [2.45, 2.75) is 27.7 Å². The molecular formula is C13H20N2O. The van der Waals surface area contributed by atoms with Gasteiger partial charge in [-0.15, -0.1) is 0 Å². The molecule has 0 spiro atoms. The summed E-state index contributed by atoms with van der Waals surface area (Å²) in [5.74, 6) is -0.0840. The number of amides is 1. The molecule has 0 atom stereocenters. The van der Waals surface area contributed by atoms with Crippen molar-refractivity contribution in [3.63, 3.8) is 0 Å². The van der Waals surface area contributed by atoms with Crippen molar-refractivity contribution in [1.82, 2.24) is 10.3 Å². The zero-order valence-corrected chi connectivity index (χ0v) is 10.4. The number of rotatable bonds is 3. The van der Waals surface area contributed by atoms with Gasteiger partial charge in [-0.05, 0) is 25.5 Å². The summed E-state index contributed by atoms with van der Waals surface area (Å²) in [7, 11) is 0. The molecule has 0 saturated carbocycles. The van der Waals surface area contributed by atoms with Crippen LogP contribution in [0.1, 0.15) is 36.7 Å². The maximum atomic E-state index is 11.5. The summed E-state index contributed by atoms with van der Waals surface area (Å²) in [6.07, 6.45) is 7.08. The number of nitrogens with zero attached hydrogens (tertiary/aromatic N) is 1. The largest absolute Gasteiger partial charge is 0.349 e. The maximum absolute atomic E-state index is 11.5. The van der Waals surface area contributed by atoms with Gasteiger partial charge in [0.15, 0.2) is 0 Å². The van der Waals surface area contributed by atoms with Gasteiger partial charge < -0.3 is 5.32 Å². The molecule has 1 heterocycles. The van der Waals surface area contributed by atoms with E-state index < -0.39 is 0 Å². The number of nitrogens with one attached hydrogen (secondary N) is 1. The lowest BCUT2D eigenvalue weighted by Gasteiger charge is -2.02. The van der Waals surface area contributed by atoms with Crippen molar-refractivity contribution < 1.29 is 4.79 Å². The van der Waals surface area contributed by atoms with Crippen LogP contribution in [0.2, 0.25) is 0 Å². The van der Waals surface area contributed by atoms with E-state index in [2.05, 4.69) is 10.3 Å². The summed E-state index contributed by atoms with van der Waals surface area (Å²) in [4.78, 5) is 15.4. The zero-order valence-electron chi connectivity index (χ0n) is 10.4. The quantitative estimate of drug-likeness (QED) is 0.796. The van der Waals surface area contributed by atoms with Gasteiger partial charge in [-0.2, -0.15) is 0 Å². The van der Waals surface area contributed by atoms with Crippen LogP contribution in [0.25, 0.3) is 0 Å². The molecule has 1 aromatic heterocycles. The van der Waals surface area contributed by atoms with E-state index in [1.54, 1.807) is 12.4 Å². The Morgan fingerprint density at radius 2 is 2.12 bits per heavy atom. The molecule has 0 aromatic carbocycles. The van der Waals surface area contributed by atoms with Gasteiger partial charge in [-0.1, -0.05) is 26.0 Å². The number of pyridine rings is 1. The Kier molecular flexibility index (Phi) is 7.76. The van der Waals surface area contributed by atoms with Crippen molar-refractivity contribution in [3.05, 3.63) is 41.7 Å². The van der Waals surface area contributed by atoms with Gasteiger partial charge >= 0.3 is 0 Å². The minimum Gasteiger partial charge on any atom is -0.349 e. The van der Waals surface area contributed by atoms with Crippen LogP contribution in [-0.4, -0.2) is 17.4 Å². The van der Waals surface area contributed by atoms with E-state index in [4.69, 9.17) is 0 Å². The highest BCUT2D eigenvalue weighted by atomic mass is 16.1. The first-order chi connectivity index (χ1) is 7.74. The highest BCUT2D eigenvalue weighted by Gasteiger charge is 2.03. The van der Waals surface area contributed by atoms with Crippen LogP contribution in [0, 0.1) is 6.92 Å². The first-order valence-corrected chi connectivity index (χ1v) is 5.55. The monoisotopic (exact) mass is 220 g/mol. The topological polar surface area (TPSA) is 42.0 Å². The van der Waals surface area contributed by atoms with E-state index in [0.717, 1.165) is 5.56 Å². The third kappa shape index (κ3) is 5.29.